The fraction of sp³-hybridized carbons (Fsp3) is 0.294. The number of pyridine rings is 1. The van der Waals surface area contributed by atoms with Crippen LogP contribution in [-0.2, 0) is 4.79 Å². The summed E-state index contributed by atoms with van der Waals surface area (Å²) in [6, 6.07) is 9.08. The van der Waals surface area contributed by atoms with Gasteiger partial charge in [0, 0.05) is 6.20 Å². The van der Waals surface area contributed by atoms with E-state index in [9.17, 15) is 4.79 Å². The zero-order valence-electron chi connectivity index (χ0n) is 13.1. The minimum Gasteiger partial charge on any atom is -0.476 e. The van der Waals surface area contributed by atoms with Gasteiger partial charge >= 0.3 is 0 Å². The van der Waals surface area contributed by atoms with Crippen LogP contribution in [0.4, 0.5) is 5.82 Å². The van der Waals surface area contributed by atoms with E-state index in [1.807, 2.05) is 32.0 Å². The number of rotatable bonds is 4. The van der Waals surface area contributed by atoms with Crippen molar-refractivity contribution in [3.05, 3.63) is 52.7 Å². The van der Waals surface area contributed by atoms with Gasteiger partial charge in [0.05, 0.1) is 5.02 Å². The van der Waals surface area contributed by atoms with Gasteiger partial charge in [0.15, 0.2) is 5.60 Å². The van der Waals surface area contributed by atoms with Crippen molar-refractivity contribution in [1.29, 1.82) is 0 Å². The molecule has 116 valence electrons. The molecule has 0 unspecified atom stereocenters. The van der Waals surface area contributed by atoms with Gasteiger partial charge in [-0.1, -0.05) is 23.7 Å². The fourth-order valence-electron chi connectivity index (χ4n) is 1.82. The number of anilines is 1. The molecule has 0 aliphatic heterocycles. The normalized spacial score (nSPS) is 11.1. The van der Waals surface area contributed by atoms with E-state index in [2.05, 4.69) is 10.3 Å². The number of hydrogen-bond acceptors (Lipinski definition) is 3. The second-order valence-corrected chi connectivity index (χ2v) is 6.13. The van der Waals surface area contributed by atoms with Crippen molar-refractivity contribution in [2.24, 2.45) is 0 Å². The minimum absolute atomic E-state index is 0.290. The number of carbonyl (C=O) groups is 1. The SMILES string of the molecule is Cc1ccc(NC(=O)C(C)(C)Oc2cc(C)ccc2Cl)nc1. The highest BCUT2D eigenvalue weighted by molar-refractivity contribution is 6.32. The number of nitrogens with one attached hydrogen (secondary N) is 1. The smallest absolute Gasteiger partial charge is 0.269 e. The molecule has 0 spiro atoms. The maximum atomic E-state index is 12.4. The van der Waals surface area contributed by atoms with Crippen LogP contribution >= 0.6 is 11.6 Å². The van der Waals surface area contributed by atoms with Crippen LogP contribution in [0.3, 0.4) is 0 Å². The summed E-state index contributed by atoms with van der Waals surface area (Å²) in [5, 5.41) is 3.22. The summed E-state index contributed by atoms with van der Waals surface area (Å²) in [6.45, 7) is 7.25. The average molecular weight is 319 g/mol. The Hall–Kier alpha value is -2.07. The highest BCUT2D eigenvalue weighted by Crippen LogP contribution is 2.29. The molecule has 22 heavy (non-hydrogen) atoms. The summed E-state index contributed by atoms with van der Waals surface area (Å²) in [4.78, 5) is 16.6. The zero-order valence-corrected chi connectivity index (χ0v) is 13.9. The monoisotopic (exact) mass is 318 g/mol. The first kappa shape index (κ1) is 16.3. The van der Waals surface area contributed by atoms with Gasteiger partial charge in [-0.3, -0.25) is 4.79 Å². The molecule has 5 heteroatoms. The lowest BCUT2D eigenvalue weighted by atomic mass is 10.1. The van der Waals surface area contributed by atoms with E-state index in [0.717, 1.165) is 11.1 Å². The molecule has 2 rings (SSSR count). The Labute approximate surface area is 135 Å². The van der Waals surface area contributed by atoms with Crippen molar-refractivity contribution in [2.45, 2.75) is 33.3 Å². The van der Waals surface area contributed by atoms with Gasteiger partial charge in [-0.2, -0.15) is 0 Å². The van der Waals surface area contributed by atoms with E-state index in [0.29, 0.717) is 16.6 Å². The molecule has 0 aliphatic carbocycles. The van der Waals surface area contributed by atoms with Crippen molar-refractivity contribution in [3.8, 4) is 5.75 Å². The third-order valence-corrected chi connectivity index (χ3v) is 3.46. The van der Waals surface area contributed by atoms with Crippen LogP contribution < -0.4 is 10.1 Å². The van der Waals surface area contributed by atoms with Crippen molar-refractivity contribution in [3.63, 3.8) is 0 Å². The zero-order chi connectivity index (χ0) is 16.3. The summed E-state index contributed by atoms with van der Waals surface area (Å²) in [7, 11) is 0. The van der Waals surface area contributed by atoms with Gasteiger partial charge in [-0.05, 0) is 57.0 Å². The predicted octanol–water partition coefficient (Wildman–Crippen LogP) is 4.15. The molecule has 4 nitrogen and oxygen atoms in total. The highest BCUT2D eigenvalue weighted by Gasteiger charge is 2.31. The maximum Gasteiger partial charge on any atom is 0.269 e. The molecule has 0 bridgehead atoms. The quantitative estimate of drug-likeness (QED) is 0.921. The Balaban J connectivity index is 2.13. The Morgan fingerprint density at radius 3 is 2.50 bits per heavy atom. The molecule has 1 amide bonds. The molecule has 0 aliphatic rings. The maximum absolute atomic E-state index is 12.4. The summed E-state index contributed by atoms with van der Waals surface area (Å²) in [6.07, 6.45) is 1.70. The van der Waals surface area contributed by atoms with E-state index >= 15 is 0 Å². The Bertz CT molecular complexity index is 682. The number of aromatic nitrogens is 1. The summed E-state index contributed by atoms with van der Waals surface area (Å²) in [5.74, 6) is 0.683. The first-order chi connectivity index (χ1) is 10.3. The molecular weight excluding hydrogens is 300 g/mol. The van der Waals surface area contributed by atoms with Crippen molar-refractivity contribution >= 4 is 23.3 Å². The molecule has 1 N–H and O–H groups in total. The molecule has 1 heterocycles. The third-order valence-electron chi connectivity index (χ3n) is 3.15. The van der Waals surface area contributed by atoms with E-state index in [1.54, 1.807) is 32.2 Å². The number of hydrogen-bond donors (Lipinski definition) is 1. The fourth-order valence-corrected chi connectivity index (χ4v) is 1.97. The number of ether oxygens (including phenoxy) is 1. The lowest BCUT2D eigenvalue weighted by Crippen LogP contribution is -2.42. The second kappa shape index (κ2) is 6.36. The summed E-state index contributed by atoms with van der Waals surface area (Å²) < 4.78 is 5.80. The van der Waals surface area contributed by atoms with Gasteiger partial charge < -0.3 is 10.1 Å². The molecule has 1 aromatic heterocycles. The van der Waals surface area contributed by atoms with Crippen LogP contribution in [0.15, 0.2) is 36.5 Å². The largest absolute Gasteiger partial charge is 0.476 e. The van der Waals surface area contributed by atoms with E-state index < -0.39 is 5.60 Å². The standard InChI is InChI=1S/C17H19ClN2O2/c1-11-5-7-13(18)14(9-11)22-17(3,4)16(21)20-15-8-6-12(2)10-19-15/h5-10H,1-4H3,(H,19,20,21). The Kier molecular flexibility index (Phi) is 4.71. The van der Waals surface area contributed by atoms with Crippen molar-refractivity contribution < 1.29 is 9.53 Å². The van der Waals surface area contributed by atoms with Crippen molar-refractivity contribution in [1.82, 2.24) is 4.98 Å². The Morgan fingerprint density at radius 1 is 1.18 bits per heavy atom. The highest BCUT2D eigenvalue weighted by atomic mass is 35.5. The molecule has 0 saturated carbocycles. The number of carbonyl (C=O) groups excluding carboxylic acids is 1. The van der Waals surface area contributed by atoms with Crippen LogP contribution in [0.2, 0.25) is 5.02 Å². The molecule has 0 saturated heterocycles. The third kappa shape index (κ3) is 3.98. The molecule has 0 radical (unpaired) electrons. The van der Waals surface area contributed by atoms with Crippen LogP contribution in [0.5, 0.6) is 5.75 Å². The molecule has 0 fully saturated rings. The molecular formula is C17H19ClN2O2. The molecule has 1 aromatic carbocycles. The van der Waals surface area contributed by atoms with E-state index in [-0.39, 0.29) is 5.91 Å². The van der Waals surface area contributed by atoms with Crippen LogP contribution in [-0.4, -0.2) is 16.5 Å². The van der Waals surface area contributed by atoms with E-state index in [1.165, 1.54) is 0 Å². The van der Waals surface area contributed by atoms with Crippen LogP contribution in [0.1, 0.15) is 25.0 Å². The van der Waals surface area contributed by atoms with E-state index in [4.69, 9.17) is 16.3 Å². The second-order valence-electron chi connectivity index (χ2n) is 5.72. The summed E-state index contributed by atoms with van der Waals surface area (Å²) >= 11 is 6.12. The molecule has 0 atom stereocenters. The van der Waals surface area contributed by atoms with Gasteiger partial charge in [0.25, 0.3) is 5.91 Å². The van der Waals surface area contributed by atoms with Crippen molar-refractivity contribution in [2.75, 3.05) is 5.32 Å². The van der Waals surface area contributed by atoms with Crippen LogP contribution in [0, 0.1) is 13.8 Å². The predicted molar refractivity (Wildman–Crippen MR) is 88.5 cm³/mol. The number of benzene rings is 1. The van der Waals surface area contributed by atoms with Gasteiger partial charge in [-0.25, -0.2) is 4.98 Å². The van der Waals surface area contributed by atoms with Gasteiger partial charge in [0.1, 0.15) is 11.6 Å². The average Bonchev–Trinajstić information content (AvgIpc) is 2.45. The first-order valence-corrected chi connectivity index (χ1v) is 7.35. The number of halogens is 1. The first-order valence-electron chi connectivity index (χ1n) is 6.97. The lowest BCUT2D eigenvalue weighted by Gasteiger charge is -2.25. The molecule has 2 aromatic rings. The van der Waals surface area contributed by atoms with Gasteiger partial charge in [-0.15, -0.1) is 0 Å². The Morgan fingerprint density at radius 2 is 1.86 bits per heavy atom. The van der Waals surface area contributed by atoms with Crippen LogP contribution in [0.25, 0.3) is 0 Å². The number of nitrogens with zero attached hydrogens (tertiary/aromatic N) is 1. The topological polar surface area (TPSA) is 51.2 Å². The summed E-state index contributed by atoms with van der Waals surface area (Å²) in [5.41, 5.74) is 0.958. The minimum atomic E-state index is -1.08. The lowest BCUT2D eigenvalue weighted by molar-refractivity contribution is -0.128. The van der Waals surface area contributed by atoms with Gasteiger partial charge in [0.2, 0.25) is 0 Å². The number of aryl methyl sites for hydroxylation is 2. The number of amides is 1.